The molecule has 4 fully saturated rings. The van der Waals surface area contributed by atoms with Crippen LogP contribution in [0.25, 0.3) is 0 Å². The maximum atomic E-state index is 14.3. The van der Waals surface area contributed by atoms with Gasteiger partial charge in [0, 0.05) is 138 Å². The molecule has 44 heteroatoms. The van der Waals surface area contributed by atoms with Crippen LogP contribution in [-0.4, -0.2) is 361 Å². The highest BCUT2D eigenvalue weighted by atomic mass is 16.7. The minimum Gasteiger partial charge on any atom is -0.497 e. The lowest BCUT2D eigenvalue weighted by molar-refractivity contribution is -0.267. The van der Waals surface area contributed by atoms with Gasteiger partial charge in [0.2, 0.25) is 47.3 Å². The highest BCUT2D eigenvalue weighted by Gasteiger charge is 2.48. The van der Waals surface area contributed by atoms with E-state index in [0.717, 1.165) is 48.8 Å². The molecule has 806 valence electrons. The van der Waals surface area contributed by atoms with E-state index in [0.29, 0.717) is 101 Å². The van der Waals surface area contributed by atoms with Crippen LogP contribution < -0.4 is 63.9 Å². The fourth-order valence-corrected chi connectivity index (χ4v) is 16.5. The molecule has 0 bridgehead atoms. The lowest BCUT2D eigenvalue weighted by atomic mass is 9.80. The number of rotatable bonds is 71. The molecule has 3 aromatic carbocycles. The maximum absolute atomic E-state index is 14.3. The normalized spacial score (nSPS) is 23.1. The van der Waals surface area contributed by atoms with E-state index in [-0.39, 0.29) is 224 Å². The van der Waals surface area contributed by atoms with E-state index in [1.807, 2.05) is 78.9 Å². The molecular weight excluding hydrogens is 1870 g/mol. The highest BCUT2D eigenvalue weighted by Crippen LogP contribution is 2.43. The first-order valence-electron chi connectivity index (χ1n) is 49.9. The van der Waals surface area contributed by atoms with E-state index in [9.17, 15) is 88.5 Å². The number of nitrogens with zero attached hydrogens (tertiary/aromatic N) is 1. The Bertz CT molecular complexity index is 3940. The van der Waals surface area contributed by atoms with Crippen molar-refractivity contribution in [2.75, 3.05) is 146 Å². The first-order chi connectivity index (χ1) is 68.8. The predicted octanol–water partition coefficient (Wildman–Crippen LogP) is 0.390. The van der Waals surface area contributed by atoms with Crippen molar-refractivity contribution >= 4 is 65.2 Å². The Morgan fingerprint density at radius 2 is 0.671 bits per heavy atom. The van der Waals surface area contributed by atoms with Crippen LogP contribution in [0.5, 0.6) is 11.5 Å². The molecule has 0 radical (unpaired) electrons. The van der Waals surface area contributed by atoms with Gasteiger partial charge in [0.05, 0.1) is 90.7 Å². The number of carbonyl (C=O) groups excluding carboxylic acids is 11. The van der Waals surface area contributed by atoms with Gasteiger partial charge >= 0.3 is 17.9 Å². The highest BCUT2D eigenvalue weighted by molar-refractivity contribution is 5.79. The third kappa shape index (κ3) is 43.7. The maximum Gasteiger partial charge on any atom is 0.302 e. The minimum absolute atomic E-state index is 0.0594. The van der Waals surface area contributed by atoms with Gasteiger partial charge in [0.15, 0.2) is 18.9 Å². The standard InChI is InChI=1S/C99H157N11O33/c1-65(111)137-59-75-89(123)92(126)86(100)95(141-75)134-50-20-17-28-78(115)103-44-23-47-106-81(118)41-53-131-62-98(63-132-54-42-82(119)107-48-24-45-104-79(116)29-18-21-51-135-96-87(101)93(127)90(124)76(142-96)60-138-66(2)112,64-133-55-43-83(120)108-49-25-46-105-80(117)30-19-22-52-136-97-88(102)94(128)91(125)77(143-97)61-139-67(3)113)109-84(121)31-15-10-8-6-7-9-11-16-32-85(122)110-57-72(114)56-71(110)58-140-99(68-26-13-12-14-27-68,69-33-37-73(129-4)38-34-69)70-35-39-74(130-5)40-36-70/h12-14,26-27,33-40,71-72,75-77,86-97,114,123-128H,6-11,15-25,28-32,41-64,100-102H2,1-5H3,(H,103,115)(H,104,116)(H,105,117)(H,106,118)(H,107,119)(H,108,120)(H,109,121)/t71-,72+,75?,76?,77?,86?,87?,88?,89?,90?,91?,92?,93?,94?,95?,96?,97?,98?/m0/s1. The van der Waals surface area contributed by atoms with Crippen molar-refractivity contribution in [3.63, 3.8) is 0 Å². The van der Waals surface area contributed by atoms with Crippen LogP contribution in [0.3, 0.4) is 0 Å². The lowest BCUT2D eigenvalue weighted by Gasteiger charge is -2.40. The monoisotopic (exact) mass is 2030 g/mol. The van der Waals surface area contributed by atoms with Gasteiger partial charge in [0.1, 0.15) is 97.4 Å². The van der Waals surface area contributed by atoms with Gasteiger partial charge in [-0.3, -0.25) is 52.7 Å². The van der Waals surface area contributed by atoms with E-state index in [2.05, 4.69) is 37.2 Å². The number of nitrogens with two attached hydrogens (primary N) is 3. The number of nitrogens with one attached hydrogen (secondary N) is 7. The van der Waals surface area contributed by atoms with Crippen molar-refractivity contribution in [2.24, 2.45) is 17.2 Å². The number of amides is 8. The molecule has 4 aliphatic rings. The number of aliphatic hydroxyl groups excluding tert-OH is 7. The van der Waals surface area contributed by atoms with Gasteiger partial charge in [-0.15, -0.1) is 0 Å². The summed E-state index contributed by atoms with van der Waals surface area (Å²) in [6.07, 6.45) is -5.09. The largest absolute Gasteiger partial charge is 0.497 e. The molecule has 4 saturated heterocycles. The number of likely N-dealkylation sites (tertiary alicyclic amines) is 1. The van der Waals surface area contributed by atoms with Crippen molar-refractivity contribution in [2.45, 2.75) is 303 Å². The van der Waals surface area contributed by atoms with E-state index < -0.39 is 133 Å². The van der Waals surface area contributed by atoms with Gasteiger partial charge in [-0.1, -0.05) is 93.1 Å². The molecule has 0 spiro atoms. The summed E-state index contributed by atoms with van der Waals surface area (Å²) in [5.74, 6) is -2.74. The van der Waals surface area contributed by atoms with Crippen LogP contribution in [0.1, 0.15) is 204 Å². The molecule has 4 aliphatic heterocycles. The van der Waals surface area contributed by atoms with Crippen LogP contribution in [0.4, 0.5) is 0 Å². The summed E-state index contributed by atoms with van der Waals surface area (Å²) in [4.78, 5) is 142. The molecule has 143 heavy (non-hydrogen) atoms. The summed E-state index contributed by atoms with van der Waals surface area (Å²) < 4.78 is 85.7. The summed E-state index contributed by atoms with van der Waals surface area (Å²) in [6.45, 7) is 3.43. The van der Waals surface area contributed by atoms with Crippen molar-refractivity contribution < 1.29 is 160 Å². The summed E-state index contributed by atoms with van der Waals surface area (Å²) in [5.41, 5.74) is 18.1. The van der Waals surface area contributed by atoms with Crippen molar-refractivity contribution in [3.8, 4) is 11.5 Å². The molecule has 0 aliphatic carbocycles. The Hall–Kier alpha value is -9.37. The molecule has 20 N–H and O–H groups in total. The van der Waals surface area contributed by atoms with E-state index in [1.54, 1.807) is 19.1 Å². The summed E-state index contributed by atoms with van der Waals surface area (Å²) in [5, 5.41) is 93.4. The third-order valence-electron chi connectivity index (χ3n) is 24.7. The van der Waals surface area contributed by atoms with Crippen LogP contribution in [0.2, 0.25) is 0 Å². The van der Waals surface area contributed by atoms with Crippen molar-refractivity contribution in [1.82, 2.24) is 42.1 Å². The number of carbonyl (C=O) groups is 11. The average molecular weight is 2030 g/mol. The first-order valence-corrected chi connectivity index (χ1v) is 49.9. The molecule has 4 heterocycles. The Balaban J connectivity index is 0.900. The van der Waals surface area contributed by atoms with Gasteiger partial charge < -0.3 is 166 Å². The van der Waals surface area contributed by atoms with Gasteiger partial charge in [-0.05, 0) is 118 Å². The zero-order valence-corrected chi connectivity index (χ0v) is 83.3. The topological polar surface area (TPSA) is 633 Å². The fraction of sp³-hybridized carbons (Fsp3) is 0.707. The van der Waals surface area contributed by atoms with E-state index in [4.69, 9.17) is 88.3 Å². The Morgan fingerprint density at radius 1 is 0.364 bits per heavy atom. The fourth-order valence-electron chi connectivity index (χ4n) is 16.5. The number of hydrogen-bond acceptors (Lipinski definition) is 36. The molecular formula is C99H157N11O33. The zero-order chi connectivity index (χ0) is 104. The molecule has 3 aromatic rings. The number of benzene rings is 3. The summed E-state index contributed by atoms with van der Waals surface area (Å²) >= 11 is 0. The quantitative estimate of drug-likeness (QED) is 0.0157. The smallest absolute Gasteiger partial charge is 0.302 e. The average Bonchev–Trinajstić information content (AvgIpc) is 1.54. The molecule has 7 rings (SSSR count). The van der Waals surface area contributed by atoms with E-state index >= 15 is 0 Å². The number of methoxy groups -OCH3 is 2. The molecule has 44 nitrogen and oxygen atoms in total. The van der Waals surface area contributed by atoms with Crippen LogP contribution >= 0.6 is 0 Å². The second kappa shape index (κ2) is 66.7. The number of unbranched alkanes of at least 4 members (excludes halogenated alkanes) is 10. The zero-order valence-electron chi connectivity index (χ0n) is 83.3. The SMILES string of the molecule is COc1ccc(C(OC[C@@H]2C[C@@H](O)CN2C(=O)CCCCCCCCCCC(=O)NC(COCCC(=O)NCCCNC(=O)CCCCOC2OC(COC(C)=O)C(O)C(O)C2N)(COCCC(=O)NCCCNC(=O)CCCCOC2OC(COC(C)=O)C(O)C(O)C2N)COCCC(=O)NCCCNC(=O)CCCCOC2OC(COC(C)=O)C(O)C(O)C2N)(c2ccccc2)c2ccc(OC)cc2)cc1. The number of aliphatic hydroxyl groups is 7. The summed E-state index contributed by atoms with van der Waals surface area (Å²) in [6, 6.07) is 21.6. The van der Waals surface area contributed by atoms with Gasteiger partial charge in [0.25, 0.3) is 0 Å². The predicted molar refractivity (Wildman–Crippen MR) is 515 cm³/mol. The number of ether oxygens (including phenoxy) is 15. The number of hydrogen-bond donors (Lipinski definition) is 17. The van der Waals surface area contributed by atoms with Crippen LogP contribution in [0.15, 0.2) is 78.9 Å². The lowest BCUT2D eigenvalue weighted by Crippen LogP contribution is -2.62. The second-order valence-corrected chi connectivity index (χ2v) is 36.3. The van der Waals surface area contributed by atoms with Crippen LogP contribution in [0, 0.1) is 0 Å². The van der Waals surface area contributed by atoms with Gasteiger partial charge in [-0.25, -0.2) is 0 Å². The molecule has 0 aromatic heterocycles. The second-order valence-electron chi connectivity index (χ2n) is 36.3. The molecule has 0 saturated carbocycles. The summed E-state index contributed by atoms with van der Waals surface area (Å²) in [7, 11) is 3.22. The first kappa shape index (κ1) is 121. The molecule has 17 atom stereocenters. The molecule has 8 amide bonds. The van der Waals surface area contributed by atoms with Gasteiger partial charge in [-0.2, -0.15) is 0 Å². The van der Waals surface area contributed by atoms with Crippen LogP contribution in [-0.2, 0) is 120 Å². The minimum atomic E-state index is -1.45. The Morgan fingerprint density at radius 3 is 1.01 bits per heavy atom. The van der Waals surface area contributed by atoms with Crippen molar-refractivity contribution in [1.29, 1.82) is 0 Å². The number of esters is 3. The molecule has 15 unspecified atom stereocenters. The van der Waals surface area contributed by atoms with E-state index in [1.165, 1.54) is 20.8 Å². The Kier molecular flexibility index (Phi) is 56.2. The number of β-amino-alcohol motifs (C(OH)–C–C–N with tert-alkyl or cyclic N) is 1. The third-order valence-corrected chi connectivity index (χ3v) is 24.7. The van der Waals surface area contributed by atoms with Crippen molar-refractivity contribution in [3.05, 3.63) is 95.6 Å². The Labute approximate surface area is 836 Å².